The van der Waals surface area contributed by atoms with Gasteiger partial charge in [-0.2, -0.15) is 48.3 Å². The van der Waals surface area contributed by atoms with Crippen LogP contribution in [0, 0.1) is 6.92 Å². The van der Waals surface area contributed by atoms with Crippen LogP contribution in [0.4, 0.5) is 48.3 Å². The van der Waals surface area contributed by atoms with Gasteiger partial charge in [0.25, 0.3) is 5.82 Å². The standard InChI is InChI=1S/C27H32Cl2F11N2.H2O4S/c1-19-41(16-17-42(19)18-20-21(28)12-11-13-22(20)29)15-10-8-6-4-2-3-5-7-9-14-23(30,31)24(32,33)25(34,35)26(36,37)27(38,39)40;1-4-5(2)3/h11-13,16-17H,2-10,14-15,18H2,1H3;1H,(H,2,3)/q+1;/p-2. The summed E-state index contributed by atoms with van der Waals surface area (Å²) in [5, 5.41) is 9.68. The summed E-state index contributed by atoms with van der Waals surface area (Å²) < 4.78 is 167. The summed E-state index contributed by atoms with van der Waals surface area (Å²) in [6.07, 6.45) is -1.02. The van der Waals surface area contributed by atoms with Crippen LogP contribution in [0.5, 0.6) is 0 Å². The Morgan fingerprint density at radius 3 is 1.68 bits per heavy atom. The fourth-order valence-electron chi connectivity index (χ4n) is 4.43. The van der Waals surface area contributed by atoms with Crippen molar-refractivity contribution in [3.8, 4) is 0 Å². The van der Waals surface area contributed by atoms with E-state index in [-0.39, 0.29) is 12.8 Å². The monoisotopic (exact) mass is 759 g/mol. The minimum atomic E-state index is -7.33. The first-order valence-corrected chi connectivity index (χ1v) is 15.8. The van der Waals surface area contributed by atoms with Crippen molar-refractivity contribution in [2.45, 2.75) is 114 Å². The summed E-state index contributed by atoms with van der Waals surface area (Å²) in [6.45, 7) is 3.28. The first-order valence-electron chi connectivity index (χ1n) is 14.0. The van der Waals surface area contributed by atoms with Crippen molar-refractivity contribution < 1.29 is 71.2 Å². The maximum Gasteiger partial charge on any atom is 0.460 e. The number of benzene rings is 1. The van der Waals surface area contributed by atoms with E-state index in [1.54, 1.807) is 18.2 Å². The van der Waals surface area contributed by atoms with Gasteiger partial charge in [-0.05, 0) is 31.4 Å². The number of nitrogens with zero attached hydrogens (tertiary/aromatic N) is 2. The van der Waals surface area contributed by atoms with Crippen LogP contribution in [0.3, 0.4) is 0 Å². The quantitative estimate of drug-likeness (QED) is 0.0381. The van der Waals surface area contributed by atoms with Gasteiger partial charge in [0.05, 0.1) is 17.9 Å². The molecule has 0 spiro atoms. The summed E-state index contributed by atoms with van der Waals surface area (Å²) >= 11 is 9.63. The normalized spacial score (nSPS) is 13.8. The molecule has 0 aliphatic carbocycles. The van der Waals surface area contributed by atoms with Gasteiger partial charge in [-0.15, -0.1) is 0 Å². The molecule has 0 aliphatic rings. The van der Waals surface area contributed by atoms with E-state index in [9.17, 15) is 48.3 Å². The number of rotatable bonds is 18. The Labute approximate surface area is 276 Å². The average Bonchev–Trinajstić information content (AvgIpc) is 3.31. The number of hydrogen-bond donors (Lipinski definition) is 0. The summed E-state index contributed by atoms with van der Waals surface area (Å²) in [7, 11) is 0. The molecular weight excluding hydrogens is 728 g/mol. The molecule has 1 aromatic carbocycles. The molecule has 0 saturated carbocycles. The van der Waals surface area contributed by atoms with Crippen LogP contribution in [0.2, 0.25) is 10.0 Å². The number of imidazole rings is 1. The van der Waals surface area contributed by atoms with Gasteiger partial charge >= 0.3 is 29.9 Å². The molecule has 6 nitrogen and oxygen atoms in total. The molecule has 2 aromatic rings. The highest BCUT2D eigenvalue weighted by Crippen LogP contribution is 2.58. The van der Waals surface area contributed by atoms with Crippen molar-refractivity contribution in [2.24, 2.45) is 0 Å². The fraction of sp³-hybridized carbons (Fsp3) is 0.667. The van der Waals surface area contributed by atoms with Crippen molar-refractivity contribution in [1.82, 2.24) is 4.57 Å². The molecule has 1 unspecified atom stereocenters. The van der Waals surface area contributed by atoms with E-state index in [4.69, 9.17) is 37.2 Å². The Morgan fingerprint density at radius 1 is 0.787 bits per heavy atom. The highest BCUT2D eigenvalue weighted by molar-refractivity contribution is 7.73. The summed E-state index contributed by atoms with van der Waals surface area (Å²) in [5.41, 5.74) is 0.825. The van der Waals surface area contributed by atoms with E-state index in [0.717, 1.165) is 43.6 Å². The SMILES string of the molecule is Cc1n(CCCCCCCCCCCC(F)(F)C(F)(F)C(F)(F)C(F)(F)C(F)(F)F)cc[n+]1Cc1c(Cl)cccc1Cl.O=S([O-])O[O-]. The van der Waals surface area contributed by atoms with Crippen molar-refractivity contribution in [3.05, 3.63) is 52.0 Å². The Morgan fingerprint density at radius 2 is 1.23 bits per heavy atom. The van der Waals surface area contributed by atoms with Crippen LogP contribution in [-0.4, -0.2) is 43.2 Å². The number of aromatic nitrogens is 2. The van der Waals surface area contributed by atoms with Gasteiger partial charge in [0.15, 0.2) is 0 Å². The van der Waals surface area contributed by atoms with Gasteiger partial charge < -0.3 is 14.1 Å². The minimum Gasteiger partial charge on any atom is -0.750 e. The minimum absolute atomic E-state index is 0.0980. The van der Waals surface area contributed by atoms with Gasteiger partial charge in [0.2, 0.25) is 0 Å². The topological polar surface area (TPSA) is 81.2 Å². The number of halogens is 13. The number of aryl methyl sites for hydroxylation is 1. The lowest BCUT2D eigenvalue weighted by Gasteiger charge is -2.37. The van der Waals surface area contributed by atoms with Gasteiger partial charge in [0, 0.05) is 29.0 Å². The van der Waals surface area contributed by atoms with E-state index < -0.39 is 54.1 Å². The molecular formula is C27H32Cl2F11N2O4S-. The second-order valence-electron chi connectivity index (χ2n) is 10.5. The lowest BCUT2D eigenvalue weighted by Crippen LogP contribution is -2.66. The zero-order chi connectivity index (χ0) is 36.3. The smallest absolute Gasteiger partial charge is 0.460 e. The van der Waals surface area contributed by atoms with Crippen LogP contribution < -0.4 is 9.82 Å². The van der Waals surface area contributed by atoms with Crippen molar-refractivity contribution in [3.63, 3.8) is 0 Å². The Bertz CT molecular complexity index is 1260. The Kier molecular flexibility index (Phi) is 16.9. The third-order valence-corrected chi connectivity index (χ3v) is 8.02. The van der Waals surface area contributed by atoms with Crippen molar-refractivity contribution in [1.29, 1.82) is 0 Å². The number of alkyl halides is 11. The molecule has 272 valence electrons. The van der Waals surface area contributed by atoms with Gasteiger partial charge in [-0.1, -0.05) is 67.8 Å². The molecule has 0 fully saturated rings. The van der Waals surface area contributed by atoms with Gasteiger partial charge in [-0.25, -0.2) is 13.3 Å². The van der Waals surface area contributed by atoms with Crippen LogP contribution >= 0.6 is 23.2 Å². The summed E-state index contributed by atoms with van der Waals surface area (Å²) in [5.74, 6) is -26.3. The molecule has 0 radical (unpaired) electrons. The van der Waals surface area contributed by atoms with Crippen molar-refractivity contribution in [2.75, 3.05) is 0 Å². The lowest BCUT2D eigenvalue weighted by molar-refractivity contribution is -0.693. The second kappa shape index (κ2) is 18.3. The molecule has 0 aliphatic heterocycles. The molecule has 0 bridgehead atoms. The predicted octanol–water partition coefficient (Wildman–Crippen LogP) is 8.52. The largest absolute Gasteiger partial charge is 0.750 e. The van der Waals surface area contributed by atoms with Crippen LogP contribution in [0.1, 0.15) is 75.6 Å². The molecule has 1 atom stereocenters. The maximum absolute atomic E-state index is 13.7. The molecule has 0 saturated heterocycles. The fourth-order valence-corrected chi connectivity index (χ4v) is 4.94. The zero-order valence-corrected chi connectivity index (χ0v) is 27.0. The third-order valence-electron chi connectivity index (χ3n) is 7.20. The molecule has 47 heavy (non-hydrogen) atoms. The number of hydrogen-bond acceptors (Lipinski definition) is 4. The van der Waals surface area contributed by atoms with E-state index in [1.165, 1.54) is 0 Å². The molecule has 20 heteroatoms. The third kappa shape index (κ3) is 11.7. The lowest BCUT2D eigenvalue weighted by atomic mass is 9.94. The molecule has 1 aromatic heterocycles. The van der Waals surface area contributed by atoms with Crippen LogP contribution in [0.15, 0.2) is 30.6 Å². The highest BCUT2D eigenvalue weighted by atomic mass is 35.5. The van der Waals surface area contributed by atoms with Gasteiger partial charge in [-0.3, -0.25) is 0 Å². The van der Waals surface area contributed by atoms with Crippen LogP contribution in [0.25, 0.3) is 0 Å². The zero-order valence-electron chi connectivity index (χ0n) is 24.7. The molecule has 0 amide bonds. The Hall–Kier alpha value is -1.73. The first kappa shape index (κ1) is 43.3. The predicted molar refractivity (Wildman–Crippen MR) is 147 cm³/mol. The number of unbranched alkanes of at least 4 members (excludes halogenated alkanes) is 8. The molecule has 1 heterocycles. The first-order chi connectivity index (χ1) is 21.5. The second-order valence-corrected chi connectivity index (χ2v) is 11.9. The summed E-state index contributed by atoms with van der Waals surface area (Å²) in [4.78, 5) is 0. The van der Waals surface area contributed by atoms with E-state index >= 15 is 0 Å². The Balaban J connectivity index is 0.00000204. The highest BCUT2D eigenvalue weighted by Gasteiger charge is 2.86. The summed E-state index contributed by atoms with van der Waals surface area (Å²) in [6, 6.07) is 5.32. The molecule has 0 N–H and O–H groups in total. The van der Waals surface area contributed by atoms with Gasteiger partial charge in [0.1, 0.15) is 18.9 Å². The van der Waals surface area contributed by atoms with Crippen molar-refractivity contribution >= 4 is 34.6 Å². The molecule has 2 rings (SSSR count). The van der Waals surface area contributed by atoms with E-state index in [1.807, 2.05) is 23.9 Å². The van der Waals surface area contributed by atoms with E-state index in [2.05, 4.69) is 8.90 Å². The maximum atomic E-state index is 13.7. The van der Waals surface area contributed by atoms with E-state index in [0.29, 0.717) is 29.4 Å². The van der Waals surface area contributed by atoms with Crippen LogP contribution in [-0.2, 0) is 28.8 Å². The average molecular weight is 761 g/mol.